The average molecular weight is 238 g/mol. The molecule has 0 saturated carbocycles. The predicted molar refractivity (Wildman–Crippen MR) is 55.9 cm³/mol. The van der Waals surface area contributed by atoms with E-state index >= 15 is 0 Å². The molecule has 1 rings (SSSR count). The molecule has 0 saturated heterocycles. The number of alkyl halides is 1. The van der Waals surface area contributed by atoms with Crippen molar-refractivity contribution in [2.24, 2.45) is 0 Å². The van der Waals surface area contributed by atoms with Crippen molar-refractivity contribution in [3.63, 3.8) is 0 Å². The summed E-state index contributed by atoms with van der Waals surface area (Å²) in [5.41, 5.74) is 0.761. The van der Waals surface area contributed by atoms with Gasteiger partial charge in [0.25, 0.3) is 0 Å². The van der Waals surface area contributed by atoms with Crippen LogP contribution in [0.15, 0.2) is 18.2 Å². The SMILES string of the molecule is O=C(CCl)Cc1ccc(Cl)cc1Cl. The van der Waals surface area contributed by atoms with Gasteiger partial charge in [-0.2, -0.15) is 0 Å². The second-order valence-electron chi connectivity index (χ2n) is 2.58. The third-order valence-electron chi connectivity index (χ3n) is 1.55. The largest absolute Gasteiger partial charge is 0.298 e. The van der Waals surface area contributed by atoms with Gasteiger partial charge in [-0.15, -0.1) is 11.6 Å². The smallest absolute Gasteiger partial charge is 0.152 e. The maximum Gasteiger partial charge on any atom is 0.152 e. The molecule has 0 bridgehead atoms. The lowest BCUT2D eigenvalue weighted by molar-refractivity contribution is -0.116. The zero-order valence-electron chi connectivity index (χ0n) is 6.69. The molecule has 0 amide bonds. The van der Waals surface area contributed by atoms with Crippen LogP contribution in [0.25, 0.3) is 0 Å². The Morgan fingerprint density at radius 3 is 2.54 bits per heavy atom. The molecule has 0 unspecified atom stereocenters. The summed E-state index contributed by atoms with van der Waals surface area (Å²) in [6.07, 6.45) is 0.263. The fourth-order valence-electron chi connectivity index (χ4n) is 0.925. The molecule has 4 heteroatoms. The van der Waals surface area contributed by atoms with Crippen LogP contribution in [0.1, 0.15) is 5.56 Å². The molecule has 0 fully saturated rings. The standard InChI is InChI=1S/C9H7Cl3O/c10-5-8(13)3-6-1-2-7(11)4-9(6)12/h1-2,4H,3,5H2. The van der Waals surface area contributed by atoms with Crippen LogP contribution in [0.3, 0.4) is 0 Å². The van der Waals surface area contributed by atoms with E-state index in [1.54, 1.807) is 18.2 Å². The molecule has 0 aliphatic carbocycles. The summed E-state index contributed by atoms with van der Waals surface area (Å²) < 4.78 is 0. The van der Waals surface area contributed by atoms with E-state index in [1.807, 2.05) is 0 Å². The molecule has 1 nitrogen and oxygen atoms in total. The minimum Gasteiger partial charge on any atom is -0.298 e. The molecule has 0 N–H and O–H groups in total. The first-order valence-electron chi connectivity index (χ1n) is 3.65. The molecule has 0 heterocycles. The van der Waals surface area contributed by atoms with E-state index in [9.17, 15) is 4.79 Å². The Kier molecular flexibility index (Phi) is 4.04. The van der Waals surface area contributed by atoms with Crippen LogP contribution < -0.4 is 0 Å². The fourth-order valence-corrected chi connectivity index (χ4v) is 1.49. The van der Waals surface area contributed by atoms with Gasteiger partial charge in [0.2, 0.25) is 0 Å². The molecular formula is C9H7Cl3O. The molecule has 0 aliphatic rings. The van der Waals surface area contributed by atoms with Gasteiger partial charge in [0, 0.05) is 16.5 Å². The van der Waals surface area contributed by atoms with E-state index in [4.69, 9.17) is 34.8 Å². The van der Waals surface area contributed by atoms with E-state index in [-0.39, 0.29) is 18.1 Å². The summed E-state index contributed by atoms with van der Waals surface area (Å²) in [5, 5.41) is 1.07. The monoisotopic (exact) mass is 236 g/mol. The number of rotatable bonds is 3. The zero-order valence-corrected chi connectivity index (χ0v) is 8.96. The minimum absolute atomic E-state index is 0.0129. The third-order valence-corrected chi connectivity index (χ3v) is 2.44. The van der Waals surface area contributed by atoms with Crippen LogP contribution in [0.2, 0.25) is 10.0 Å². The Labute approximate surface area is 91.6 Å². The Hall–Kier alpha value is -0.240. The quantitative estimate of drug-likeness (QED) is 0.737. The molecule has 0 aromatic heterocycles. The Morgan fingerprint density at radius 2 is 2.00 bits per heavy atom. The average Bonchev–Trinajstić information content (AvgIpc) is 2.09. The minimum atomic E-state index is -0.0501. The zero-order chi connectivity index (χ0) is 9.84. The number of carbonyl (C=O) groups excluding carboxylic acids is 1. The first-order valence-corrected chi connectivity index (χ1v) is 4.94. The van der Waals surface area contributed by atoms with Crippen LogP contribution in [0.4, 0.5) is 0 Å². The van der Waals surface area contributed by atoms with Gasteiger partial charge in [-0.05, 0) is 17.7 Å². The number of hydrogen-bond acceptors (Lipinski definition) is 1. The summed E-state index contributed by atoms with van der Waals surface area (Å²) in [6.45, 7) is 0. The maximum absolute atomic E-state index is 11.0. The number of ketones is 1. The number of benzene rings is 1. The molecule has 0 radical (unpaired) electrons. The van der Waals surface area contributed by atoms with Crippen LogP contribution in [-0.2, 0) is 11.2 Å². The molecule has 1 aromatic carbocycles. The fraction of sp³-hybridized carbons (Fsp3) is 0.222. The topological polar surface area (TPSA) is 17.1 Å². The normalized spacial score (nSPS) is 10.1. The Morgan fingerprint density at radius 1 is 1.31 bits per heavy atom. The van der Waals surface area contributed by atoms with E-state index in [0.29, 0.717) is 10.0 Å². The highest BCUT2D eigenvalue weighted by Gasteiger charge is 2.05. The van der Waals surface area contributed by atoms with Crippen LogP contribution >= 0.6 is 34.8 Å². The molecule has 0 spiro atoms. The van der Waals surface area contributed by atoms with E-state index in [1.165, 1.54) is 0 Å². The summed E-state index contributed by atoms with van der Waals surface area (Å²) in [7, 11) is 0. The van der Waals surface area contributed by atoms with Gasteiger partial charge < -0.3 is 0 Å². The number of hydrogen-bond donors (Lipinski definition) is 0. The van der Waals surface area contributed by atoms with E-state index < -0.39 is 0 Å². The Bertz CT molecular complexity index is 323. The van der Waals surface area contributed by atoms with Gasteiger partial charge in [-0.3, -0.25) is 4.79 Å². The van der Waals surface area contributed by atoms with Crippen molar-refractivity contribution in [2.75, 3.05) is 5.88 Å². The number of Topliss-reactive ketones (excluding diaryl/α,β-unsaturated/α-hetero) is 1. The van der Waals surface area contributed by atoms with Crippen molar-refractivity contribution in [2.45, 2.75) is 6.42 Å². The molecular weight excluding hydrogens is 230 g/mol. The summed E-state index contributed by atoms with van der Waals surface area (Å²) in [5.74, 6) is -0.0373. The highest BCUT2D eigenvalue weighted by molar-refractivity contribution is 6.35. The molecule has 0 aliphatic heterocycles. The van der Waals surface area contributed by atoms with Crippen molar-refractivity contribution in [1.82, 2.24) is 0 Å². The van der Waals surface area contributed by atoms with Crippen molar-refractivity contribution in [3.8, 4) is 0 Å². The summed E-state index contributed by atoms with van der Waals surface area (Å²) in [6, 6.07) is 5.04. The van der Waals surface area contributed by atoms with Gasteiger partial charge in [0.15, 0.2) is 5.78 Å². The van der Waals surface area contributed by atoms with Crippen molar-refractivity contribution in [3.05, 3.63) is 33.8 Å². The van der Waals surface area contributed by atoms with Crippen LogP contribution in [0.5, 0.6) is 0 Å². The lowest BCUT2D eigenvalue weighted by atomic mass is 10.1. The molecule has 0 atom stereocenters. The van der Waals surface area contributed by atoms with Crippen LogP contribution in [-0.4, -0.2) is 11.7 Å². The Balaban J connectivity index is 2.83. The van der Waals surface area contributed by atoms with Crippen LogP contribution in [0, 0.1) is 0 Å². The lowest BCUT2D eigenvalue weighted by Gasteiger charge is -2.01. The molecule has 13 heavy (non-hydrogen) atoms. The van der Waals surface area contributed by atoms with Gasteiger partial charge in [0.05, 0.1) is 5.88 Å². The first kappa shape index (κ1) is 10.8. The molecule has 70 valence electrons. The second kappa shape index (κ2) is 4.85. The van der Waals surface area contributed by atoms with Crippen molar-refractivity contribution < 1.29 is 4.79 Å². The van der Waals surface area contributed by atoms with E-state index in [2.05, 4.69) is 0 Å². The lowest BCUT2D eigenvalue weighted by Crippen LogP contribution is -2.03. The van der Waals surface area contributed by atoms with Crippen molar-refractivity contribution in [1.29, 1.82) is 0 Å². The predicted octanol–water partition coefficient (Wildman–Crippen LogP) is 3.34. The molecule has 1 aromatic rings. The second-order valence-corrected chi connectivity index (χ2v) is 3.70. The van der Waals surface area contributed by atoms with Gasteiger partial charge in [-0.25, -0.2) is 0 Å². The van der Waals surface area contributed by atoms with Gasteiger partial charge in [-0.1, -0.05) is 29.3 Å². The first-order chi connectivity index (χ1) is 6.13. The number of halogens is 3. The van der Waals surface area contributed by atoms with Gasteiger partial charge >= 0.3 is 0 Å². The maximum atomic E-state index is 11.0. The summed E-state index contributed by atoms with van der Waals surface area (Å²) >= 11 is 16.9. The number of carbonyl (C=O) groups is 1. The highest BCUT2D eigenvalue weighted by Crippen LogP contribution is 2.21. The third kappa shape index (κ3) is 3.18. The van der Waals surface area contributed by atoms with E-state index in [0.717, 1.165) is 5.56 Å². The summed E-state index contributed by atoms with van der Waals surface area (Å²) in [4.78, 5) is 11.0. The van der Waals surface area contributed by atoms with Gasteiger partial charge in [0.1, 0.15) is 0 Å². The highest BCUT2D eigenvalue weighted by atomic mass is 35.5. The van der Waals surface area contributed by atoms with Crippen molar-refractivity contribution >= 4 is 40.6 Å².